The number of nitrogens with zero attached hydrogens (tertiary/aromatic N) is 3. The van der Waals surface area contributed by atoms with E-state index in [-0.39, 0.29) is 0 Å². The summed E-state index contributed by atoms with van der Waals surface area (Å²) < 4.78 is 0. The predicted octanol–water partition coefficient (Wildman–Crippen LogP) is 0.361. The van der Waals surface area contributed by atoms with Crippen LogP contribution in [0.15, 0.2) is 41.4 Å². The summed E-state index contributed by atoms with van der Waals surface area (Å²) in [5.41, 5.74) is 0. The zero-order chi connectivity index (χ0) is 7.97. The Morgan fingerprint density at radius 3 is 3.33 bits per heavy atom. The fourth-order valence-corrected chi connectivity index (χ4v) is 1.54. The number of rotatable bonds is 0. The average Bonchev–Trinajstić information content (AvgIpc) is 2.52. The highest BCUT2D eigenvalue weighted by molar-refractivity contribution is 5.64. The highest BCUT2D eigenvalue weighted by Gasteiger charge is 2.25. The maximum atomic E-state index is 4.26. The van der Waals surface area contributed by atoms with Gasteiger partial charge in [0.1, 0.15) is 0 Å². The average molecular weight is 160 g/mol. The lowest BCUT2D eigenvalue weighted by molar-refractivity contribution is 0.422. The summed E-state index contributed by atoms with van der Waals surface area (Å²) >= 11 is 0. The molecule has 3 aliphatic rings. The molecule has 12 heavy (non-hydrogen) atoms. The molecule has 0 radical (unpaired) electrons. The molecule has 0 aliphatic carbocycles. The van der Waals surface area contributed by atoms with Gasteiger partial charge in [0.2, 0.25) is 0 Å². The zero-order valence-corrected chi connectivity index (χ0v) is 6.44. The molecule has 1 N–H and O–H groups in total. The molecule has 0 saturated heterocycles. The van der Waals surface area contributed by atoms with Crippen LogP contribution >= 0.6 is 0 Å². The standard InChI is InChI=1S/C8H8N4/c1-3-11-5-6-12-4-2-10-7(9-1)8(11)12/h1-3,5-6,9H,4H2. The lowest BCUT2D eigenvalue weighted by atomic mass is 10.4. The van der Waals surface area contributed by atoms with Gasteiger partial charge < -0.3 is 15.1 Å². The highest BCUT2D eigenvalue weighted by atomic mass is 15.4. The monoisotopic (exact) mass is 160 g/mol. The van der Waals surface area contributed by atoms with E-state index in [1.54, 1.807) is 0 Å². The van der Waals surface area contributed by atoms with Gasteiger partial charge in [-0.25, -0.2) is 4.99 Å². The van der Waals surface area contributed by atoms with Crippen LogP contribution in [0.1, 0.15) is 0 Å². The molecular formula is C8H8N4. The predicted molar refractivity (Wildman–Crippen MR) is 45.5 cm³/mol. The van der Waals surface area contributed by atoms with Crippen molar-refractivity contribution in [1.29, 1.82) is 0 Å². The number of hydrogen-bond acceptors (Lipinski definition) is 4. The third kappa shape index (κ3) is 0.592. The third-order valence-electron chi connectivity index (χ3n) is 2.09. The summed E-state index contributed by atoms with van der Waals surface area (Å²) in [6, 6.07) is 0. The lowest BCUT2D eigenvalue weighted by Gasteiger charge is -2.28. The first-order valence-corrected chi connectivity index (χ1v) is 3.88. The normalized spacial score (nSPS) is 23.3. The van der Waals surface area contributed by atoms with Gasteiger partial charge in [-0.3, -0.25) is 0 Å². The van der Waals surface area contributed by atoms with Crippen molar-refractivity contribution >= 4 is 6.21 Å². The van der Waals surface area contributed by atoms with Crippen molar-refractivity contribution in [3.63, 3.8) is 0 Å². The molecule has 0 atom stereocenters. The maximum absolute atomic E-state index is 4.26. The minimum absolute atomic E-state index is 0.862. The third-order valence-corrected chi connectivity index (χ3v) is 2.09. The molecule has 0 bridgehead atoms. The molecule has 4 nitrogen and oxygen atoms in total. The summed E-state index contributed by atoms with van der Waals surface area (Å²) in [5.74, 6) is 2.05. The SMILES string of the molecule is C1=CN2C=CN3CC=NC(=C23)N1. The second-order valence-corrected chi connectivity index (χ2v) is 2.80. The molecule has 4 heteroatoms. The molecule has 0 amide bonds. The van der Waals surface area contributed by atoms with Gasteiger partial charge in [-0.15, -0.1) is 0 Å². The molecular weight excluding hydrogens is 152 g/mol. The van der Waals surface area contributed by atoms with E-state index in [2.05, 4.69) is 26.3 Å². The Morgan fingerprint density at radius 1 is 1.33 bits per heavy atom. The Bertz CT molecular complexity index is 337. The second kappa shape index (κ2) is 1.91. The van der Waals surface area contributed by atoms with Crippen LogP contribution in [0.2, 0.25) is 0 Å². The molecule has 0 aromatic carbocycles. The molecule has 0 spiro atoms. The fourth-order valence-electron chi connectivity index (χ4n) is 1.54. The lowest BCUT2D eigenvalue weighted by Crippen LogP contribution is -2.31. The molecule has 3 heterocycles. The summed E-state index contributed by atoms with van der Waals surface area (Å²) in [5, 5.41) is 3.10. The van der Waals surface area contributed by atoms with E-state index >= 15 is 0 Å². The molecule has 3 rings (SSSR count). The maximum Gasteiger partial charge on any atom is 0.172 e. The molecule has 0 aromatic heterocycles. The summed E-state index contributed by atoms with van der Waals surface area (Å²) in [7, 11) is 0. The largest absolute Gasteiger partial charge is 0.342 e. The highest BCUT2D eigenvalue weighted by Crippen LogP contribution is 2.26. The number of aliphatic imine (C=N–C) groups is 1. The minimum Gasteiger partial charge on any atom is -0.342 e. The second-order valence-electron chi connectivity index (χ2n) is 2.80. The molecule has 0 aromatic rings. The first-order chi connectivity index (χ1) is 5.95. The zero-order valence-electron chi connectivity index (χ0n) is 6.44. The van der Waals surface area contributed by atoms with Crippen LogP contribution < -0.4 is 5.32 Å². The van der Waals surface area contributed by atoms with Crippen LogP contribution in [0, 0.1) is 0 Å². The van der Waals surface area contributed by atoms with Crippen LogP contribution in [0.3, 0.4) is 0 Å². The van der Waals surface area contributed by atoms with Gasteiger partial charge in [0.05, 0.1) is 6.54 Å². The van der Waals surface area contributed by atoms with Crippen LogP contribution in [-0.2, 0) is 0 Å². The van der Waals surface area contributed by atoms with Gasteiger partial charge >= 0.3 is 0 Å². The molecule has 3 aliphatic heterocycles. The van der Waals surface area contributed by atoms with Gasteiger partial charge in [-0.05, 0) is 0 Å². The van der Waals surface area contributed by atoms with Crippen molar-refractivity contribution < 1.29 is 0 Å². The van der Waals surface area contributed by atoms with Crippen molar-refractivity contribution in [3.05, 3.63) is 36.4 Å². The van der Waals surface area contributed by atoms with E-state index in [0.717, 1.165) is 18.2 Å². The number of nitrogens with one attached hydrogen (secondary N) is 1. The van der Waals surface area contributed by atoms with Crippen molar-refractivity contribution in [3.8, 4) is 0 Å². The van der Waals surface area contributed by atoms with Gasteiger partial charge in [0, 0.05) is 31.0 Å². The van der Waals surface area contributed by atoms with Gasteiger partial charge in [0.25, 0.3) is 0 Å². The van der Waals surface area contributed by atoms with Gasteiger partial charge in [0.15, 0.2) is 11.6 Å². The topological polar surface area (TPSA) is 30.9 Å². The molecule has 0 saturated carbocycles. The van der Waals surface area contributed by atoms with Crippen LogP contribution in [-0.4, -0.2) is 22.6 Å². The fraction of sp³-hybridized carbons (Fsp3) is 0.125. The molecule has 0 unspecified atom stereocenters. The smallest absolute Gasteiger partial charge is 0.172 e. The van der Waals surface area contributed by atoms with Crippen LogP contribution in [0.5, 0.6) is 0 Å². The quantitative estimate of drug-likeness (QED) is 0.555. The molecule has 0 fully saturated rings. The summed E-state index contributed by atoms with van der Waals surface area (Å²) in [4.78, 5) is 8.47. The van der Waals surface area contributed by atoms with E-state index in [9.17, 15) is 0 Å². The number of hydrogen-bond donors (Lipinski definition) is 1. The Morgan fingerprint density at radius 2 is 2.33 bits per heavy atom. The van der Waals surface area contributed by atoms with Crippen molar-refractivity contribution in [2.45, 2.75) is 0 Å². The van der Waals surface area contributed by atoms with E-state index < -0.39 is 0 Å². The first kappa shape index (κ1) is 5.88. The van der Waals surface area contributed by atoms with E-state index in [1.165, 1.54) is 0 Å². The summed E-state index contributed by atoms with van der Waals surface area (Å²) in [6.07, 6.45) is 9.85. The summed E-state index contributed by atoms with van der Waals surface area (Å²) in [6.45, 7) is 0.862. The molecule has 60 valence electrons. The Hall–Kier alpha value is -1.71. The van der Waals surface area contributed by atoms with Crippen molar-refractivity contribution in [2.75, 3.05) is 6.54 Å². The first-order valence-electron chi connectivity index (χ1n) is 3.88. The van der Waals surface area contributed by atoms with Crippen molar-refractivity contribution in [1.82, 2.24) is 15.1 Å². The van der Waals surface area contributed by atoms with E-state index in [1.807, 2.05) is 24.8 Å². The van der Waals surface area contributed by atoms with Crippen LogP contribution in [0.25, 0.3) is 0 Å². The van der Waals surface area contributed by atoms with E-state index in [4.69, 9.17) is 0 Å². The van der Waals surface area contributed by atoms with Gasteiger partial charge in [-0.1, -0.05) is 0 Å². The Balaban J connectivity index is 2.14. The minimum atomic E-state index is 0.862. The Kier molecular flexibility index (Phi) is 0.935. The van der Waals surface area contributed by atoms with E-state index in [0.29, 0.717) is 0 Å². The Labute approximate surface area is 70.2 Å². The van der Waals surface area contributed by atoms with Gasteiger partial charge in [-0.2, -0.15) is 0 Å². The van der Waals surface area contributed by atoms with Crippen LogP contribution in [0.4, 0.5) is 0 Å². The van der Waals surface area contributed by atoms with Crippen molar-refractivity contribution in [2.24, 2.45) is 4.99 Å².